The number of esters is 2. The van der Waals surface area contributed by atoms with Crippen LogP contribution in [0.15, 0.2) is 40.5 Å². The number of carbonyl (C=O) groups excluding carboxylic acids is 2. The molecule has 2 rings (SSSR count). The number of ether oxygens (including phenoxy) is 2. The Balaban J connectivity index is 2.77. The molecule has 1 aromatic rings. The summed E-state index contributed by atoms with van der Waals surface area (Å²) in [7, 11) is 2.46. The molecule has 1 aromatic carbocycles. The molecule has 1 heterocycles. The van der Waals surface area contributed by atoms with E-state index in [4.69, 9.17) is 15.9 Å². The van der Waals surface area contributed by atoms with Crippen molar-refractivity contribution in [1.82, 2.24) is 0 Å². The van der Waals surface area contributed by atoms with Gasteiger partial charge in [0, 0.05) is 17.2 Å². The Morgan fingerprint density at radius 2 is 2.00 bits per heavy atom. The first-order chi connectivity index (χ1) is 12.0. The zero-order valence-electron chi connectivity index (χ0n) is 14.1. The van der Waals surface area contributed by atoms with Gasteiger partial charge in [-0.25, -0.2) is 9.79 Å². The van der Waals surface area contributed by atoms with Crippen LogP contribution in [0.1, 0.15) is 24.0 Å². The summed E-state index contributed by atoms with van der Waals surface area (Å²) in [5, 5.41) is 9.40. The number of carbonyl (C=O) groups is 2. The third-order valence-corrected chi connectivity index (χ3v) is 4.02. The van der Waals surface area contributed by atoms with Crippen LogP contribution < -0.4 is 0 Å². The number of hydrogen-bond donors (Lipinski definition) is 0. The van der Waals surface area contributed by atoms with Crippen molar-refractivity contribution in [3.05, 3.63) is 46.7 Å². The molecule has 0 N–H and O–H groups in total. The van der Waals surface area contributed by atoms with E-state index in [9.17, 15) is 14.9 Å². The van der Waals surface area contributed by atoms with Crippen LogP contribution in [-0.2, 0) is 19.1 Å². The maximum atomic E-state index is 12.4. The van der Waals surface area contributed by atoms with E-state index in [1.165, 1.54) is 14.2 Å². The fourth-order valence-corrected chi connectivity index (χ4v) is 2.89. The zero-order chi connectivity index (χ0) is 18.6. The van der Waals surface area contributed by atoms with E-state index in [2.05, 4.69) is 10.9 Å². The van der Waals surface area contributed by atoms with Crippen LogP contribution in [0.25, 0.3) is 0 Å². The fourth-order valence-electron chi connectivity index (χ4n) is 2.89. The number of terminal acetylenes is 1. The molecule has 0 fully saturated rings. The van der Waals surface area contributed by atoms with Crippen LogP contribution in [0.2, 0.25) is 0 Å². The van der Waals surface area contributed by atoms with Crippen molar-refractivity contribution in [2.45, 2.75) is 12.8 Å². The number of methoxy groups -OCH3 is 2. The van der Waals surface area contributed by atoms with Crippen LogP contribution in [0.3, 0.4) is 0 Å². The SMILES string of the molecule is C#Cc1cccc(C2C(C(=O)OC)=C(C#N)N=C(C)C2C(=O)OC)c1. The normalized spacial score (nSPS) is 19.3. The highest BCUT2D eigenvalue weighted by Crippen LogP contribution is 2.40. The quantitative estimate of drug-likeness (QED) is 0.622. The van der Waals surface area contributed by atoms with Gasteiger partial charge >= 0.3 is 11.9 Å². The van der Waals surface area contributed by atoms with E-state index in [1.807, 2.05) is 6.07 Å². The second kappa shape index (κ2) is 7.46. The summed E-state index contributed by atoms with van der Waals surface area (Å²) in [4.78, 5) is 28.8. The van der Waals surface area contributed by atoms with E-state index in [-0.39, 0.29) is 11.3 Å². The third-order valence-electron chi connectivity index (χ3n) is 4.02. The average molecular weight is 336 g/mol. The second-order valence-corrected chi connectivity index (χ2v) is 5.37. The van der Waals surface area contributed by atoms with Gasteiger partial charge < -0.3 is 9.47 Å². The van der Waals surface area contributed by atoms with Crippen molar-refractivity contribution in [2.24, 2.45) is 10.9 Å². The van der Waals surface area contributed by atoms with Crippen molar-refractivity contribution in [1.29, 1.82) is 5.26 Å². The molecule has 0 radical (unpaired) electrons. The van der Waals surface area contributed by atoms with Crippen LogP contribution >= 0.6 is 0 Å². The van der Waals surface area contributed by atoms with Gasteiger partial charge in [0.05, 0.1) is 19.8 Å². The van der Waals surface area contributed by atoms with Crippen LogP contribution in [0.4, 0.5) is 0 Å². The van der Waals surface area contributed by atoms with E-state index in [0.717, 1.165) is 0 Å². The van der Waals surface area contributed by atoms with Gasteiger partial charge in [-0.3, -0.25) is 4.79 Å². The van der Waals surface area contributed by atoms with E-state index in [1.54, 1.807) is 31.2 Å². The smallest absolute Gasteiger partial charge is 0.337 e. The van der Waals surface area contributed by atoms with Crippen molar-refractivity contribution < 1.29 is 19.1 Å². The minimum Gasteiger partial charge on any atom is -0.468 e. The fraction of sp³-hybridized carbons (Fsp3) is 0.263. The average Bonchev–Trinajstić information content (AvgIpc) is 2.65. The number of benzene rings is 1. The predicted molar refractivity (Wildman–Crippen MR) is 90.4 cm³/mol. The highest BCUT2D eigenvalue weighted by molar-refractivity contribution is 6.07. The van der Waals surface area contributed by atoms with Crippen LogP contribution in [-0.4, -0.2) is 31.9 Å². The summed E-state index contributed by atoms with van der Waals surface area (Å²) >= 11 is 0. The van der Waals surface area contributed by atoms with Gasteiger partial charge in [-0.05, 0) is 24.6 Å². The maximum absolute atomic E-state index is 12.4. The Morgan fingerprint density at radius 3 is 2.56 bits per heavy atom. The molecule has 2 atom stereocenters. The molecule has 6 nitrogen and oxygen atoms in total. The van der Waals surface area contributed by atoms with Gasteiger partial charge in [0.1, 0.15) is 12.0 Å². The van der Waals surface area contributed by atoms with E-state index < -0.39 is 23.8 Å². The number of allylic oxidation sites excluding steroid dienone is 1. The lowest BCUT2D eigenvalue weighted by molar-refractivity contribution is -0.143. The topological polar surface area (TPSA) is 88.8 Å². The highest BCUT2D eigenvalue weighted by Gasteiger charge is 2.43. The molecule has 0 bridgehead atoms. The highest BCUT2D eigenvalue weighted by atomic mass is 16.5. The Labute approximate surface area is 145 Å². The Hall–Kier alpha value is -3.38. The van der Waals surface area contributed by atoms with Gasteiger partial charge in [0.25, 0.3) is 0 Å². The Kier molecular flexibility index (Phi) is 5.36. The molecular weight excluding hydrogens is 320 g/mol. The first-order valence-corrected chi connectivity index (χ1v) is 7.40. The molecule has 0 aromatic heterocycles. The molecule has 126 valence electrons. The van der Waals surface area contributed by atoms with Crippen molar-refractivity contribution in [3.8, 4) is 18.4 Å². The molecule has 0 saturated carbocycles. The molecule has 1 aliphatic heterocycles. The zero-order valence-corrected chi connectivity index (χ0v) is 14.1. The Morgan fingerprint density at radius 1 is 1.28 bits per heavy atom. The summed E-state index contributed by atoms with van der Waals surface area (Å²) in [5.74, 6) is -0.403. The lowest BCUT2D eigenvalue weighted by atomic mass is 9.75. The van der Waals surface area contributed by atoms with E-state index in [0.29, 0.717) is 16.8 Å². The first-order valence-electron chi connectivity index (χ1n) is 7.40. The summed E-state index contributed by atoms with van der Waals surface area (Å²) in [6, 6.07) is 8.78. The standard InChI is InChI=1S/C19H16N2O4/c1-5-12-7-6-8-13(9-12)16-15(18(22)24-3)11(2)21-14(10-20)17(16)19(23)25-4/h1,6-9,15-16H,2-4H3. The molecule has 25 heavy (non-hydrogen) atoms. The molecular formula is C19H16N2O4. The van der Waals surface area contributed by atoms with Crippen molar-refractivity contribution in [2.75, 3.05) is 14.2 Å². The summed E-state index contributed by atoms with van der Waals surface area (Å²) < 4.78 is 9.70. The molecule has 6 heteroatoms. The Bertz CT molecular complexity index is 868. The molecule has 0 aliphatic carbocycles. The van der Waals surface area contributed by atoms with Crippen molar-refractivity contribution in [3.63, 3.8) is 0 Å². The van der Waals surface area contributed by atoms with Crippen LogP contribution in [0, 0.1) is 29.6 Å². The van der Waals surface area contributed by atoms with Gasteiger partial charge in [-0.2, -0.15) is 5.26 Å². The predicted octanol–water partition coefficient (Wildman–Crippen LogP) is 1.97. The molecule has 1 aliphatic rings. The molecule has 0 saturated heterocycles. The summed E-state index contributed by atoms with van der Waals surface area (Å²) in [5.41, 5.74) is 1.50. The molecule has 0 spiro atoms. The van der Waals surface area contributed by atoms with Gasteiger partial charge in [0.15, 0.2) is 5.70 Å². The number of rotatable bonds is 3. The maximum Gasteiger partial charge on any atom is 0.337 e. The van der Waals surface area contributed by atoms with Gasteiger partial charge in [-0.1, -0.05) is 18.1 Å². The largest absolute Gasteiger partial charge is 0.468 e. The van der Waals surface area contributed by atoms with Gasteiger partial charge in [-0.15, -0.1) is 6.42 Å². The van der Waals surface area contributed by atoms with Gasteiger partial charge in [0.2, 0.25) is 0 Å². The van der Waals surface area contributed by atoms with Crippen molar-refractivity contribution >= 4 is 17.7 Å². The third kappa shape index (κ3) is 3.29. The summed E-state index contributed by atoms with van der Waals surface area (Å²) in [6.07, 6.45) is 5.45. The van der Waals surface area contributed by atoms with Crippen LogP contribution in [0.5, 0.6) is 0 Å². The number of nitriles is 1. The first kappa shape index (κ1) is 18.0. The molecule has 2 unspecified atom stereocenters. The summed E-state index contributed by atoms with van der Waals surface area (Å²) in [6.45, 7) is 1.62. The number of hydrogen-bond acceptors (Lipinski definition) is 6. The minimum absolute atomic E-state index is 0.0140. The minimum atomic E-state index is -0.857. The number of nitrogens with zero attached hydrogens (tertiary/aromatic N) is 2. The lowest BCUT2D eigenvalue weighted by Crippen LogP contribution is -2.36. The second-order valence-electron chi connectivity index (χ2n) is 5.37. The molecule has 0 amide bonds. The lowest BCUT2D eigenvalue weighted by Gasteiger charge is -2.30. The van der Waals surface area contributed by atoms with E-state index >= 15 is 0 Å². The monoisotopic (exact) mass is 336 g/mol. The number of aliphatic imine (C=N–C) groups is 1.